The van der Waals surface area contributed by atoms with Gasteiger partial charge in [0.1, 0.15) is 0 Å². The maximum atomic E-state index is 2.36. The Bertz CT molecular complexity index is 325. The van der Waals surface area contributed by atoms with Crippen molar-refractivity contribution in [1.82, 2.24) is 0 Å². The van der Waals surface area contributed by atoms with Crippen molar-refractivity contribution in [2.75, 3.05) is 11.9 Å². The zero-order valence-corrected chi connectivity index (χ0v) is 9.07. The molecule has 1 aliphatic rings. The average molecular weight is 187 g/mol. The first-order chi connectivity index (χ1) is 6.75. The van der Waals surface area contributed by atoms with Crippen LogP contribution in [0.3, 0.4) is 0 Å². The molecule has 0 fully saturated rings. The van der Waals surface area contributed by atoms with Gasteiger partial charge in [0.25, 0.3) is 0 Å². The molecule has 0 amide bonds. The summed E-state index contributed by atoms with van der Waals surface area (Å²) in [7, 11) is 2.17. The Labute approximate surface area is 86.1 Å². The van der Waals surface area contributed by atoms with Crippen molar-refractivity contribution in [2.45, 2.75) is 25.8 Å². The van der Waals surface area contributed by atoms with Crippen molar-refractivity contribution in [1.29, 1.82) is 0 Å². The van der Waals surface area contributed by atoms with Crippen molar-refractivity contribution in [3.8, 4) is 0 Å². The van der Waals surface area contributed by atoms with Crippen LogP contribution in [0.4, 0.5) is 5.69 Å². The molecule has 74 valence electrons. The maximum absolute atomic E-state index is 2.36. The number of anilines is 1. The Morgan fingerprint density at radius 3 is 2.64 bits per heavy atom. The van der Waals surface area contributed by atoms with E-state index in [1.807, 2.05) is 0 Å². The molecular weight excluding hydrogens is 170 g/mol. The van der Waals surface area contributed by atoms with Crippen LogP contribution in [0.15, 0.2) is 36.4 Å². The van der Waals surface area contributed by atoms with E-state index in [-0.39, 0.29) is 0 Å². The van der Waals surface area contributed by atoms with Gasteiger partial charge in [0, 0.05) is 18.7 Å². The number of para-hydroxylation sites is 1. The second-order valence-electron chi connectivity index (χ2n) is 3.97. The lowest BCUT2D eigenvalue weighted by Crippen LogP contribution is -2.27. The largest absolute Gasteiger partial charge is 0.367 e. The van der Waals surface area contributed by atoms with E-state index in [9.17, 15) is 0 Å². The highest BCUT2D eigenvalue weighted by atomic mass is 15.2. The van der Waals surface area contributed by atoms with E-state index in [4.69, 9.17) is 0 Å². The van der Waals surface area contributed by atoms with E-state index in [0.717, 1.165) is 0 Å². The minimum Gasteiger partial charge on any atom is -0.367 e. The van der Waals surface area contributed by atoms with E-state index in [2.05, 4.69) is 62.2 Å². The molecule has 0 aliphatic carbocycles. The van der Waals surface area contributed by atoms with Gasteiger partial charge in [-0.1, -0.05) is 37.3 Å². The van der Waals surface area contributed by atoms with E-state index in [0.29, 0.717) is 12.0 Å². The van der Waals surface area contributed by atoms with Crippen molar-refractivity contribution in [3.63, 3.8) is 0 Å². The lowest BCUT2D eigenvalue weighted by molar-refractivity contribution is 0.678. The summed E-state index contributed by atoms with van der Waals surface area (Å²) in [5, 5.41) is 0. The maximum Gasteiger partial charge on any atom is 0.0536 e. The minimum absolute atomic E-state index is 0.525. The van der Waals surface area contributed by atoms with Crippen LogP contribution >= 0.6 is 0 Å². The van der Waals surface area contributed by atoms with Gasteiger partial charge in [-0.25, -0.2) is 0 Å². The first-order valence-corrected chi connectivity index (χ1v) is 5.20. The Morgan fingerprint density at radius 1 is 1.29 bits per heavy atom. The molecule has 0 radical (unpaired) electrons. The fourth-order valence-corrected chi connectivity index (χ4v) is 2.37. The number of hydrogen-bond acceptors (Lipinski definition) is 1. The van der Waals surface area contributed by atoms with Crippen LogP contribution < -0.4 is 4.90 Å². The van der Waals surface area contributed by atoms with Gasteiger partial charge in [-0.2, -0.15) is 0 Å². The lowest BCUT2D eigenvalue weighted by Gasteiger charge is -2.21. The zero-order valence-electron chi connectivity index (χ0n) is 9.07. The lowest BCUT2D eigenvalue weighted by atomic mass is 9.97. The average Bonchev–Trinajstić information content (AvgIpc) is 2.45. The van der Waals surface area contributed by atoms with Crippen LogP contribution in [-0.2, 0) is 0 Å². The topological polar surface area (TPSA) is 3.24 Å². The summed E-state index contributed by atoms with van der Waals surface area (Å²) in [6, 6.07) is 9.20. The molecule has 2 rings (SSSR count). The fourth-order valence-electron chi connectivity index (χ4n) is 2.37. The molecule has 1 aromatic rings. The van der Waals surface area contributed by atoms with E-state index in [1.165, 1.54) is 11.3 Å². The van der Waals surface area contributed by atoms with Gasteiger partial charge in [-0.3, -0.25) is 0 Å². The number of likely N-dealkylation sites (N-methyl/N-ethyl adjacent to an activating group) is 1. The van der Waals surface area contributed by atoms with Crippen LogP contribution in [0.25, 0.3) is 0 Å². The van der Waals surface area contributed by atoms with Crippen LogP contribution in [0.1, 0.15) is 25.3 Å². The number of allylic oxidation sites excluding steroid dienone is 1. The van der Waals surface area contributed by atoms with Crippen molar-refractivity contribution in [3.05, 3.63) is 42.0 Å². The summed E-state index contributed by atoms with van der Waals surface area (Å²) >= 11 is 0. The van der Waals surface area contributed by atoms with Crippen molar-refractivity contribution < 1.29 is 0 Å². The monoisotopic (exact) mass is 187 g/mol. The van der Waals surface area contributed by atoms with Gasteiger partial charge in [0.05, 0.1) is 6.04 Å². The number of nitrogens with zero attached hydrogens (tertiary/aromatic N) is 1. The second kappa shape index (κ2) is 3.49. The summed E-state index contributed by atoms with van der Waals surface area (Å²) in [6.07, 6.45) is 4.42. The first-order valence-electron chi connectivity index (χ1n) is 5.20. The molecule has 1 aliphatic heterocycles. The third-order valence-corrected chi connectivity index (χ3v) is 3.16. The summed E-state index contributed by atoms with van der Waals surface area (Å²) in [6.45, 7) is 4.39. The molecule has 1 heteroatoms. The SMILES string of the molecule is C/C=C\C1C(C)c2ccccc2N1C. The molecule has 0 saturated heterocycles. The minimum atomic E-state index is 0.525. The highest BCUT2D eigenvalue weighted by Gasteiger charge is 2.30. The van der Waals surface area contributed by atoms with Crippen LogP contribution in [0, 0.1) is 0 Å². The summed E-state index contributed by atoms with van der Waals surface area (Å²) in [4.78, 5) is 2.36. The third kappa shape index (κ3) is 1.24. The molecule has 0 N–H and O–H groups in total. The first kappa shape index (κ1) is 9.32. The predicted octanol–water partition coefficient (Wildman–Crippen LogP) is 3.18. The van der Waals surface area contributed by atoms with Crippen molar-refractivity contribution in [2.24, 2.45) is 0 Å². The Kier molecular flexibility index (Phi) is 2.32. The molecule has 0 bridgehead atoms. The standard InChI is InChI=1S/C13H17N/c1-4-7-12-10(2)11-8-5-6-9-13(11)14(12)3/h4-10,12H,1-3H3/b7-4-. The number of benzene rings is 1. The van der Waals surface area contributed by atoms with Crippen molar-refractivity contribution >= 4 is 5.69 Å². The Morgan fingerprint density at radius 2 is 2.00 bits per heavy atom. The van der Waals surface area contributed by atoms with E-state index in [1.54, 1.807) is 0 Å². The van der Waals surface area contributed by atoms with Gasteiger partial charge in [-0.15, -0.1) is 0 Å². The van der Waals surface area contributed by atoms with Gasteiger partial charge < -0.3 is 4.90 Å². The van der Waals surface area contributed by atoms with E-state index >= 15 is 0 Å². The Balaban J connectivity index is 2.42. The molecule has 1 nitrogen and oxygen atoms in total. The fraction of sp³-hybridized carbons (Fsp3) is 0.385. The van der Waals surface area contributed by atoms with Gasteiger partial charge in [0.2, 0.25) is 0 Å². The summed E-state index contributed by atoms with van der Waals surface area (Å²) in [5.74, 6) is 0.604. The quantitative estimate of drug-likeness (QED) is 0.610. The van der Waals surface area contributed by atoms with Crippen LogP contribution in [0.2, 0.25) is 0 Å². The molecule has 0 aromatic heterocycles. The molecule has 2 atom stereocenters. The second-order valence-corrected chi connectivity index (χ2v) is 3.97. The van der Waals surface area contributed by atoms with Crippen LogP contribution in [-0.4, -0.2) is 13.1 Å². The number of hydrogen-bond donors (Lipinski definition) is 0. The van der Waals surface area contributed by atoms with Gasteiger partial charge in [0.15, 0.2) is 0 Å². The Hall–Kier alpha value is -1.24. The number of fused-ring (bicyclic) bond motifs is 1. The molecule has 0 spiro atoms. The molecule has 14 heavy (non-hydrogen) atoms. The predicted molar refractivity (Wildman–Crippen MR) is 61.9 cm³/mol. The summed E-state index contributed by atoms with van der Waals surface area (Å²) in [5.41, 5.74) is 2.85. The van der Waals surface area contributed by atoms with Crippen LogP contribution in [0.5, 0.6) is 0 Å². The van der Waals surface area contributed by atoms with Gasteiger partial charge >= 0.3 is 0 Å². The molecule has 2 unspecified atom stereocenters. The highest BCUT2D eigenvalue weighted by molar-refractivity contribution is 5.62. The summed E-state index contributed by atoms with van der Waals surface area (Å²) < 4.78 is 0. The van der Waals surface area contributed by atoms with Gasteiger partial charge in [-0.05, 0) is 18.6 Å². The smallest absolute Gasteiger partial charge is 0.0536 e. The zero-order chi connectivity index (χ0) is 10.1. The normalized spacial score (nSPS) is 25.8. The molecular formula is C13H17N. The molecule has 1 aromatic carbocycles. The highest BCUT2D eigenvalue weighted by Crippen LogP contribution is 2.39. The third-order valence-electron chi connectivity index (χ3n) is 3.16. The van der Waals surface area contributed by atoms with E-state index < -0.39 is 0 Å². The number of rotatable bonds is 1. The molecule has 1 heterocycles. The molecule has 0 saturated carbocycles.